The summed E-state index contributed by atoms with van der Waals surface area (Å²) >= 11 is 5.87. The second-order valence-electron chi connectivity index (χ2n) is 4.32. The highest BCUT2D eigenvalue weighted by Crippen LogP contribution is 2.18. The quantitative estimate of drug-likeness (QED) is 0.742. The van der Waals surface area contributed by atoms with E-state index in [-0.39, 0.29) is 5.91 Å². The first-order valence-electron chi connectivity index (χ1n) is 5.83. The molecule has 2 N–H and O–H groups in total. The van der Waals surface area contributed by atoms with Gasteiger partial charge in [-0.15, -0.1) is 0 Å². The number of nitrogens with zero attached hydrogens (tertiary/aromatic N) is 2. The standard InChI is InChI=1S/C11H17ClN4O/c1-16-9(12)6-14-10(16)7-13-5-4-11(17)15-8-2-3-8/h6,8,13H,2-5,7H2,1H3,(H,15,17). The summed E-state index contributed by atoms with van der Waals surface area (Å²) in [5, 5.41) is 6.74. The van der Waals surface area contributed by atoms with Crippen LogP contribution in [0.5, 0.6) is 0 Å². The Morgan fingerprint density at radius 1 is 1.65 bits per heavy atom. The molecule has 0 aliphatic heterocycles. The van der Waals surface area contributed by atoms with Crippen molar-refractivity contribution in [3.63, 3.8) is 0 Å². The molecule has 1 aromatic rings. The highest BCUT2D eigenvalue weighted by Gasteiger charge is 2.22. The van der Waals surface area contributed by atoms with Crippen LogP contribution in [-0.4, -0.2) is 28.0 Å². The average Bonchev–Trinajstić information content (AvgIpc) is 3.05. The number of carbonyl (C=O) groups is 1. The van der Waals surface area contributed by atoms with Crippen molar-refractivity contribution in [3.05, 3.63) is 17.2 Å². The van der Waals surface area contributed by atoms with Crippen molar-refractivity contribution in [2.24, 2.45) is 7.05 Å². The van der Waals surface area contributed by atoms with Crippen molar-refractivity contribution in [1.29, 1.82) is 0 Å². The van der Waals surface area contributed by atoms with E-state index in [9.17, 15) is 4.79 Å². The molecular weight excluding hydrogens is 240 g/mol. The summed E-state index contributed by atoms with van der Waals surface area (Å²) in [6.45, 7) is 1.28. The van der Waals surface area contributed by atoms with Gasteiger partial charge in [0.05, 0.1) is 12.7 Å². The van der Waals surface area contributed by atoms with Crippen LogP contribution in [0.2, 0.25) is 5.15 Å². The molecule has 0 atom stereocenters. The van der Waals surface area contributed by atoms with Gasteiger partial charge in [0.1, 0.15) is 11.0 Å². The summed E-state index contributed by atoms with van der Waals surface area (Å²) in [5.74, 6) is 0.996. The number of aromatic nitrogens is 2. The molecule has 1 aliphatic rings. The number of hydrogen-bond acceptors (Lipinski definition) is 3. The summed E-state index contributed by atoms with van der Waals surface area (Å²) in [6.07, 6.45) is 4.39. The minimum Gasteiger partial charge on any atom is -0.353 e. The van der Waals surface area contributed by atoms with Crippen LogP contribution < -0.4 is 10.6 Å². The van der Waals surface area contributed by atoms with Crippen LogP contribution in [0.3, 0.4) is 0 Å². The lowest BCUT2D eigenvalue weighted by Gasteiger charge is -2.06. The predicted octanol–water partition coefficient (Wildman–Crippen LogP) is 0.832. The summed E-state index contributed by atoms with van der Waals surface area (Å²) < 4.78 is 1.82. The van der Waals surface area contributed by atoms with Crippen LogP contribution in [0.4, 0.5) is 0 Å². The van der Waals surface area contributed by atoms with E-state index >= 15 is 0 Å². The lowest BCUT2D eigenvalue weighted by molar-refractivity contribution is -0.121. The maximum absolute atomic E-state index is 11.4. The van der Waals surface area contributed by atoms with Crippen LogP contribution in [0.25, 0.3) is 0 Å². The van der Waals surface area contributed by atoms with Crippen molar-refractivity contribution < 1.29 is 4.79 Å². The Bertz CT molecular complexity index is 400. The van der Waals surface area contributed by atoms with Gasteiger partial charge in [-0.1, -0.05) is 11.6 Å². The zero-order chi connectivity index (χ0) is 12.3. The topological polar surface area (TPSA) is 59.0 Å². The molecule has 94 valence electrons. The van der Waals surface area contributed by atoms with Crippen LogP contribution in [-0.2, 0) is 18.4 Å². The first-order chi connectivity index (χ1) is 8.16. The predicted molar refractivity (Wildman–Crippen MR) is 65.7 cm³/mol. The monoisotopic (exact) mass is 256 g/mol. The summed E-state index contributed by atoms with van der Waals surface area (Å²) in [7, 11) is 1.87. The van der Waals surface area contributed by atoms with Crippen molar-refractivity contribution in [2.45, 2.75) is 31.8 Å². The van der Waals surface area contributed by atoms with Gasteiger partial charge in [-0.3, -0.25) is 4.79 Å². The van der Waals surface area contributed by atoms with E-state index in [1.54, 1.807) is 6.20 Å². The molecule has 0 spiro atoms. The van der Waals surface area contributed by atoms with E-state index in [1.807, 2.05) is 11.6 Å². The number of nitrogens with one attached hydrogen (secondary N) is 2. The molecule has 0 saturated heterocycles. The van der Waals surface area contributed by atoms with Gasteiger partial charge in [0.15, 0.2) is 0 Å². The molecule has 1 fully saturated rings. The van der Waals surface area contributed by atoms with Crippen LogP contribution in [0, 0.1) is 0 Å². The van der Waals surface area contributed by atoms with Crippen LogP contribution >= 0.6 is 11.6 Å². The Labute approximate surface area is 106 Å². The lowest BCUT2D eigenvalue weighted by atomic mass is 10.4. The molecule has 5 nitrogen and oxygen atoms in total. The molecule has 17 heavy (non-hydrogen) atoms. The Hall–Kier alpha value is -1.07. The number of rotatable bonds is 6. The summed E-state index contributed by atoms with van der Waals surface area (Å²) in [4.78, 5) is 15.5. The van der Waals surface area contributed by atoms with Crippen LogP contribution in [0.1, 0.15) is 25.1 Å². The number of hydrogen-bond donors (Lipinski definition) is 2. The second-order valence-corrected chi connectivity index (χ2v) is 4.71. The number of carbonyl (C=O) groups excluding carboxylic acids is 1. The van der Waals surface area contributed by atoms with Gasteiger partial charge in [0.25, 0.3) is 0 Å². The first-order valence-corrected chi connectivity index (χ1v) is 6.21. The van der Waals surface area contributed by atoms with Crippen molar-refractivity contribution >= 4 is 17.5 Å². The third kappa shape index (κ3) is 3.71. The van der Waals surface area contributed by atoms with Crippen molar-refractivity contribution in [1.82, 2.24) is 20.2 Å². The van der Waals surface area contributed by atoms with Crippen molar-refractivity contribution in [3.8, 4) is 0 Å². The molecule has 0 unspecified atom stereocenters. The van der Waals surface area contributed by atoms with Gasteiger partial charge in [-0.25, -0.2) is 4.98 Å². The number of amides is 1. The normalized spacial score (nSPS) is 14.9. The van der Waals surface area contributed by atoms with E-state index in [4.69, 9.17) is 11.6 Å². The maximum atomic E-state index is 11.4. The van der Waals surface area contributed by atoms with Gasteiger partial charge in [-0.05, 0) is 12.8 Å². The van der Waals surface area contributed by atoms with Gasteiger partial charge in [0, 0.05) is 26.1 Å². The second kappa shape index (κ2) is 5.51. The number of halogens is 1. The highest BCUT2D eigenvalue weighted by atomic mass is 35.5. The fraction of sp³-hybridized carbons (Fsp3) is 0.636. The minimum absolute atomic E-state index is 0.123. The van der Waals surface area contributed by atoms with Gasteiger partial charge in [-0.2, -0.15) is 0 Å². The molecule has 0 bridgehead atoms. The Kier molecular flexibility index (Phi) is 4.02. The molecular formula is C11H17ClN4O. The average molecular weight is 257 g/mol. The first kappa shape index (κ1) is 12.4. The third-order valence-corrected chi connectivity index (χ3v) is 3.13. The molecule has 6 heteroatoms. The van der Waals surface area contributed by atoms with E-state index in [0.29, 0.717) is 30.7 Å². The molecule has 1 saturated carbocycles. The SMILES string of the molecule is Cn1c(Cl)cnc1CNCCC(=O)NC1CC1. The van der Waals surface area contributed by atoms with E-state index < -0.39 is 0 Å². The Balaban J connectivity index is 1.62. The number of imidazole rings is 1. The molecule has 1 aliphatic carbocycles. The molecule has 0 aromatic carbocycles. The lowest BCUT2D eigenvalue weighted by Crippen LogP contribution is -2.29. The minimum atomic E-state index is 0.123. The van der Waals surface area contributed by atoms with Gasteiger partial charge in [0.2, 0.25) is 5.91 Å². The molecule has 2 rings (SSSR count). The van der Waals surface area contributed by atoms with E-state index in [0.717, 1.165) is 18.7 Å². The van der Waals surface area contributed by atoms with Gasteiger partial charge < -0.3 is 15.2 Å². The largest absolute Gasteiger partial charge is 0.353 e. The molecule has 0 radical (unpaired) electrons. The van der Waals surface area contributed by atoms with E-state index in [1.165, 1.54) is 0 Å². The fourth-order valence-corrected chi connectivity index (χ4v) is 1.66. The maximum Gasteiger partial charge on any atom is 0.221 e. The molecule has 1 amide bonds. The van der Waals surface area contributed by atoms with Crippen LogP contribution in [0.15, 0.2) is 6.20 Å². The fourth-order valence-electron chi connectivity index (χ4n) is 1.52. The Morgan fingerprint density at radius 2 is 2.41 bits per heavy atom. The van der Waals surface area contributed by atoms with E-state index in [2.05, 4.69) is 15.6 Å². The molecule has 1 aromatic heterocycles. The molecule has 1 heterocycles. The third-order valence-electron chi connectivity index (χ3n) is 2.78. The van der Waals surface area contributed by atoms with Gasteiger partial charge >= 0.3 is 0 Å². The summed E-state index contributed by atoms with van der Waals surface area (Å²) in [6, 6.07) is 0.441. The Morgan fingerprint density at radius 3 is 3.00 bits per heavy atom. The summed E-state index contributed by atoms with van der Waals surface area (Å²) in [5.41, 5.74) is 0. The highest BCUT2D eigenvalue weighted by molar-refractivity contribution is 6.29. The van der Waals surface area contributed by atoms with Crippen molar-refractivity contribution in [2.75, 3.05) is 6.54 Å². The zero-order valence-corrected chi connectivity index (χ0v) is 10.6. The zero-order valence-electron chi connectivity index (χ0n) is 9.87. The smallest absolute Gasteiger partial charge is 0.221 e.